The molecule has 142 valence electrons. The van der Waals surface area contributed by atoms with Crippen molar-refractivity contribution in [2.75, 3.05) is 38.2 Å². The first kappa shape index (κ1) is 17.9. The van der Waals surface area contributed by atoms with Gasteiger partial charge in [0.05, 0.1) is 24.9 Å². The number of aromatic nitrogens is 4. The molecule has 1 fully saturated rings. The Kier molecular flexibility index (Phi) is 5.05. The first-order valence-electron chi connectivity index (χ1n) is 9.42. The summed E-state index contributed by atoms with van der Waals surface area (Å²) < 4.78 is 7.45. The molecule has 7 heteroatoms. The van der Waals surface area contributed by atoms with Crippen LogP contribution in [-0.4, -0.2) is 57.3 Å². The van der Waals surface area contributed by atoms with Crippen LogP contribution in [0, 0.1) is 20.8 Å². The van der Waals surface area contributed by atoms with Gasteiger partial charge in [-0.25, -0.2) is 4.98 Å². The third-order valence-electron chi connectivity index (χ3n) is 5.22. The molecule has 0 radical (unpaired) electrons. The van der Waals surface area contributed by atoms with Crippen LogP contribution in [0.5, 0.6) is 0 Å². The molecular weight excluding hydrogens is 340 g/mol. The highest BCUT2D eigenvalue weighted by Gasteiger charge is 2.23. The summed E-state index contributed by atoms with van der Waals surface area (Å²) in [6.45, 7) is 10.3. The van der Waals surface area contributed by atoms with E-state index < -0.39 is 0 Å². The highest BCUT2D eigenvalue weighted by molar-refractivity contribution is 5.56. The van der Waals surface area contributed by atoms with Gasteiger partial charge in [0.15, 0.2) is 5.65 Å². The predicted molar refractivity (Wildman–Crippen MR) is 105 cm³/mol. The molecule has 4 rings (SSSR count). The van der Waals surface area contributed by atoms with Gasteiger partial charge in [-0.05, 0) is 32.4 Å². The first-order chi connectivity index (χ1) is 13.1. The monoisotopic (exact) mass is 366 g/mol. The Balaban J connectivity index is 1.63. The third-order valence-corrected chi connectivity index (χ3v) is 5.22. The van der Waals surface area contributed by atoms with E-state index in [2.05, 4.69) is 44.3 Å². The van der Waals surface area contributed by atoms with E-state index >= 15 is 0 Å². The molecule has 27 heavy (non-hydrogen) atoms. The number of rotatable bonds is 5. The Hall–Kier alpha value is -2.51. The summed E-state index contributed by atoms with van der Waals surface area (Å²) >= 11 is 0. The minimum absolute atomic E-state index is 0.226. The predicted octanol–water partition coefficient (Wildman–Crippen LogP) is 2.53. The van der Waals surface area contributed by atoms with Crippen LogP contribution in [0.3, 0.4) is 0 Å². The fraction of sp³-hybridized carbons (Fsp3) is 0.450. The van der Waals surface area contributed by atoms with Crippen LogP contribution < -0.4 is 5.32 Å². The van der Waals surface area contributed by atoms with Crippen molar-refractivity contribution in [1.29, 1.82) is 0 Å². The van der Waals surface area contributed by atoms with Gasteiger partial charge >= 0.3 is 0 Å². The zero-order chi connectivity index (χ0) is 18.8. The van der Waals surface area contributed by atoms with Gasteiger partial charge in [-0.15, -0.1) is 0 Å². The summed E-state index contributed by atoms with van der Waals surface area (Å²) in [6, 6.07) is 6.42. The lowest BCUT2D eigenvalue weighted by atomic mass is 10.1. The average Bonchev–Trinajstić information content (AvgIpc) is 2.98. The van der Waals surface area contributed by atoms with Crippen LogP contribution >= 0.6 is 0 Å². The summed E-state index contributed by atoms with van der Waals surface area (Å²) in [4.78, 5) is 11.4. The normalized spacial score (nSPS) is 16.6. The lowest BCUT2D eigenvalue weighted by Crippen LogP contribution is -2.41. The Morgan fingerprint density at radius 1 is 1.22 bits per heavy atom. The number of nitrogens with zero attached hydrogens (tertiary/aromatic N) is 5. The van der Waals surface area contributed by atoms with Gasteiger partial charge in [0.2, 0.25) is 0 Å². The molecule has 3 aromatic heterocycles. The highest BCUT2D eigenvalue weighted by Crippen LogP contribution is 2.23. The molecule has 0 spiro atoms. The van der Waals surface area contributed by atoms with E-state index in [0.29, 0.717) is 0 Å². The molecule has 1 N–H and O–H groups in total. The van der Waals surface area contributed by atoms with Crippen molar-refractivity contribution in [1.82, 2.24) is 24.5 Å². The number of fused-ring (bicyclic) bond motifs is 1. The average molecular weight is 366 g/mol. The fourth-order valence-electron chi connectivity index (χ4n) is 3.60. The van der Waals surface area contributed by atoms with Crippen molar-refractivity contribution >= 4 is 11.5 Å². The van der Waals surface area contributed by atoms with Crippen LogP contribution in [0.1, 0.15) is 28.6 Å². The first-order valence-corrected chi connectivity index (χ1v) is 9.42. The van der Waals surface area contributed by atoms with Crippen LogP contribution in [0.25, 0.3) is 5.65 Å². The molecule has 1 unspecified atom stereocenters. The molecule has 1 saturated heterocycles. The number of hydrogen-bond acceptors (Lipinski definition) is 6. The molecule has 0 saturated carbocycles. The van der Waals surface area contributed by atoms with Crippen LogP contribution in [0.4, 0.5) is 5.82 Å². The minimum Gasteiger partial charge on any atom is -0.379 e. The molecular formula is C20H26N6O. The second-order valence-corrected chi connectivity index (χ2v) is 7.06. The van der Waals surface area contributed by atoms with Crippen molar-refractivity contribution in [3.05, 3.63) is 53.1 Å². The number of aryl methyl sites for hydroxylation is 3. The van der Waals surface area contributed by atoms with Crippen molar-refractivity contribution in [2.24, 2.45) is 0 Å². The Bertz CT molecular complexity index is 917. The lowest BCUT2D eigenvalue weighted by Gasteiger charge is -2.34. The summed E-state index contributed by atoms with van der Waals surface area (Å²) in [5, 5.41) is 8.28. The number of morpholine rings is 1. The van der Waals surface area contributed by atoms with Crippen molar-refractivity contribution in [3.8, 4) is 0 Å². The van der Waals surface area contributed by atoms with Crippen LogP contribution in [0.2, 0.25) is 0 Å². The summed E-state index contributed by atoms with van der Waals surface area (Å²) in [7, 11) is 0. The molecule has 0 amide bonds. The molecule has 4 heterocycles. The summed E-state index contributed by atoms with van der Waals surface area (Å²) in [5.41, 5.74) is 5.24. The third kappa shape index (κ3) is 3.65. The highest BCUT2D eigenvalue weighted by atomic mass is 16.5. The molecule has 1 aliphatic heterocycles. The summed E-state index contributed by atoms with van der Waals surface area (Å²) in [5.74, 6) is 0.968. The van der Waals surface area contributed by atoms with E-state index in [0.717, 1.165) is 61.3 Å². The Morgan fingerprint density at radius 3 is 2.78 bits per heavy atom. The molecule has 3 aromatic rings. The van der Waals surface area contributed by atoms with Gasteiger partial charge in [-0.3, -0.25) is 9.88 Å². The number of pyridine rings is 1. The van der Waals surface area contributed by atoms with Crippen LogP contribution in [-0.2, 0) is 4.74 Å². The summed E-state index contributed by atoms with van der Waals surface area (Å²) in [6.07, 6.45) is 3.77. The van der Waals surface area contributed by atoms with Gasteiger partial charge in [0.25, 0.3) is 0 Å². The quantitative estimate of drug-likeness (QED) is 0.748. The van der Waals surface area contributed by atoms with E-state index in [-0.39, 0.29) is 6.04 Å². The topological polar surface area (TPSA) is 67.6 Å². The molecule has 1 aliphatic rings. The van der Waals surface area contributed by atoms with Crippen LogP contribution in [0.15, 0.2) is 30.6 Å². The molecule has 1 atom stereocenters. The van der Waals surface area contributed by atoms with Crippen molar-refractivity contribution in [2.45, 2.75) is 26.8 Å². The van der Waals surface area contributed by atoms with Crippen molar-refractivity contribution in [3.63, 3.8) is 0 Å². The van der Waals surface area contributed by atoms with E-state index in [1.54, 1.807) is 0 Å². The fourth-order valence-corrected chi connectivity index (χ4v) is 3.60. The zero-order valence-electron chi connectivity index (χ0n) is 16.1. The largest absolute Gasteiger partial charge is 0.379 e. The van der Waals surface area contributed by atoms with E-state index in [1.165, 1.54) is 5.56 Å². The Morgan fingerprint density at radius 2 is 2.04 bits per heavy atom. The number of anilines is 1. The van der Waals surface area contributed by atoms with Gasteiger partial charge in [-0.2, -0.15) is 9.61 Å². The van der Waals surface area contributed by atoms with E-state index in [4.69, 9.17) is 4.74 Å². The SMILES string of the molecule is Cc1cc(NCC(c2cccnc2)N2CCOCC2)n2nc(C)c(C)c2n1. The maximum absolute atomic E-state index is 5.54. The van der Waals surface area contributed by atoms with Gasteiger partial charge in [0.1, 0.15) is 5.82 Å². The van der Waals surface area contributed by atoms with Gasteiger partial charge in [-0.1, -0.05) is 6.07 Å². The maximum atomic E-state index is 5.54. The van der Waals surface area contributed by atoms with E-state index in [1.807, 2.05) is 36.8 Å². The van der Waals surface area contributed by atoms with Gasteiger partial charge < -0.3 is 10.1 Å². The molecule has 7 nitrogen and oxygen atoms in total. The minimum atomic E-state index is 0.226. The zero-order valence-corrected chi connectivity index (χ0v) is 16.1. The number of nitrogens with one attached hydrogen (secondary N) is 1. The number of ether oxygens (including phenoxy) is 1. The lowest BCUT2D eigenvalue weighted by molar-refractivity contribution is 0.0186. The number of hydrogen-bond donors (Lipinski definition) is 1. The Labute approximate surface area is 159 Å². The molecule has 0 bridgehead atoms. The second-order valence-electron chi connectivity index (χ2n) is 7.06. The smallest absolute Gasteiger partial charge is 0.160 e. The van der Waals surface area contributed by atoms with E-state index in [9.17, 15) is 0 Å². The van der Waals surface area contributed by atoms with Crippen molar-refractivity contribution < 1.29 is 4.74 Å². The molecule has 0 aliphatic carbocycles. The second kappa shape index (κ2) is 7.62. The van der Waals surface area contributed by atoms with Gasteiger partial charge in [0, 0.05) is 49.4 Å². The molecule has 0 aromatic carbocycles. The maximum Gasteiger partial charge on any atom is 0.160 e. The standard InChI is InChI=1S/C20H26N6O/c1-14-11-19(26-20(23-14)15(2)16(3)24-26)22-13-18(17-5-4-6-21-12-17)25-7-9-27-10-8-25/h4-6,11-12,18,22H,7-10,13H2,1-3H3.